The molecule has 1 N–H and O–H groups in total. The van der Waals surface area contributed by atoms with E-state index in [0.717, 1.165) is 16.9 Å². The van der Waals surface area contributed by atoms with E-state index in [1.54, 1.807) is 25.3 Å². The molecule has 156 valence electrons. The van der Waals surface area contributed by atoms with Crippen LogP contribution in [0.15, 0.2) is 83.9 Å². The molecule has 0 atom stereocenters. The van der Waals surface area contributed by atoms with Gasteiger partial charge < -0.3 is 9.47 Å². The van der Waals surface area contributed by atoms with E-state index in [1.165, 1.54) is 10.9 Å². The summed E-state index contributed by atoms with van der Waals surface area (Å²) in [5.74, 6) is 0.722. The molecule has 1 aromatic heterocycles. The van der Waals surface area contributed by atoms with Gasteiger partial charge >= 0.3 is 6.09 Å². The number of amides is 1. The van der Waals surface area contributed by atoms with Crippen LogP contribution in [0.25, 0.3) is 10.9 Å². The van der Waals surface area contributed by atoms with Crippen molar-refractivity contribution in [3.8, 4) is 5.75 Å². The predicted octanol–water partition coefficient (Wildman–Crippen LogP) is 4.20. The SMILES string of the molecule is COc1cccc(Cn2cnc3ccc(NC(=O)OCc4ccccc4)cc3c2=O)c1. The molecule has 0 aliphatic heterocycles. The van der Waals surface area contributed by atoms with Crippen molar-refractivity contribution in [1.29, 1.82) is 0 Å². The lowest BCUT2D eigenvalue weighted by Crippen LogP contribution is -2.21. The Kier molecular flexibility index (Phi) is 5.93. The molecule has 0 radical (unpaired) electrons. The Balaban J connectivity index is 1.51. The molecule has 0 saturated carbocycles. The van der Waals surface area contributed by atoms with Crippen LogP contribution in [0.5, 0.6) is 5.75 Å². The summed E-state index contributed by atoms with van der Waals surface area (Å²) >= 11 is 0. The van der Waals surface area contributed by atoms with E-state index in [2.05, 4.69) is 10.3 Å². The lowest BCUT2D eigenvalue weighted by Gasteiger charge is -2.10. The normalized spacial score (nSPS) is 10.6. The summed E-state index contributed by atoms with van der Waals surface area (Å²) in [5, 5.41) is 3.07. The first-order valence-electron chi connectivity index (χ1n) is 9.72. The number of anilines is 1. The molecular weight excluding hydrogens is 394 g/mol. The molecule has 3 aromatic carbocycles. The van der Waals surface area contributed by atoms with Gasteiger partial charge in [0.2, 0.25) is 0 Å². The molecule has 0 aliphatic rings. The maximum Gasteiger partial charge on any atom is 0.411 e. The fourth-order valence-corrected chi connectivity index (χ4v) is 3.19. The summed E-state index contributed by atoms with van der Waals surface area (Å²) in [7, 11) is 1.60. The van der Waals surface area contributed by atoms with Gasteiger partial charge in [-0.05, 0) is 41.5 Å². The van der Waals surface area contributed by atoms with Crippen LogP contribution in [-0.4, -0.2) is 22.8 Å². The van der Waals surface area contributed by atoms with E-state index >= 15 is 0 Å². The largest absolute Gasteiger partial charge is 0.497 e. The highest BCUT2D eigenvalue weighted by Gasteiger charge is 2.09. The maximum absolute atomic E-state index is 13.0. The van der Waals surface area contributed by atoms with Gasteiger partial charge in [-0.1, -0.05) is 42.5 Å². The Morgan fingerprint density at radius 3 is 2.61 bits per heavy atom. The van der Waals surface area contributed by atoms with Crippen molar-refractivity contribution < 1.29 is 14.3 Å². The molecule has 0 aliphatic carbocycles. The van der Waals surface area contributed by atoms with E-state index in [4.69, 9.17) is 9.47 Å². The summed E-state index contributed by atoms with van der Waals surface area (Å²) in [6.07, 6.45) is 0.926. The van der Waals surface area contributed by atoms with E-state index in [9.17, 15) is 9.59 Å². The van der Waals surface area contributed by atoms with Crippen LogP contribution in [0.1, 0.15) is 11.1 Å². The molecule has 31 heavy (non-hydrogen) atoms. The van der Waals surface area contributed by atoms with Crippen LogP contribution in [0, 0.1) is 0 Å². The van der Waals surface area contributed by atoms with Crippen molar-refractivity contribution in [1.82, 2.24) is 9.55 Å². The second kappa shape index (κ2) is 9.13. The molecular formula is C24H21N3O4. The zero-order valence-corrected chi connectivity index (χ0v) is 16.9. The highest BCUT2D eigenvalue weighted by atomic mass is 16.5. The van der Waals surface area contributed by atoms with E-state index < -0.39 is 6.09 Å². The number of hydrogen-bond acceptors (Lipinski definition) is 5. The number of rotatable bonds is 6. The monoisotopic (exact) mass is 415 g/mol. The Bertz CT molecular complexity index is 1270. The van der Waals surface area contributed by atoms with Crippen LogP contribution < -0.4 is 15.6 Å². The maximum atomic E-state index is 13.0. The van der Waals surface area contributed by atoms with Crippen molar-refractivity contribution in [2.45, 2.75) is 13.2 Å². The summed E-state index contributed by atoms with van der Waals surface area (Å²) in [5.41, 5.74) is 2.62. The lowest BCUT2D eigenvalue weighted by atomic mass is 10.2. The second-order valence-corrected chi connectivity index (χ2v) is 6.95. The van der Waals surface area contributed by atoms with Gasteiger partial charge in [0.1, 0.15) is 12.4 Å². The minimum absolute atomic E-state index is 0.162. The fraction of sp³-hybridized carbons (Fsp3) is 0.125. The highest BCUT2D eigenvalue weighted by molar-refractivity contribution is 5.89. The number of hydrogen-bond donors (Lipinski definition) is 1. The summed E-state index contributed by atoms with van der Waals surface area (Å²) < 4.78 is 12.0. The van der Waals surface area contributed by atoms with Gasteiger partial charge in [-0.3, -0.25) is 14.7 Å². The second-order valence-electron chi connectivity index (χ2n) is 6.95. The molecule has 0 fully saturated rings. The number of nitrogens with zero attached hydrogens (tertiary/aromatic N) is 2. The third kappa shape index (κ3) is 4.90. The first kappa shape index (κ1) is 20.2. The Morgan fingerprint density at radius 1 is 1.00 bits per heavy atom. The lowest BCUT2D eigenvalue weighted by molar-refractivity contribution is 0.155. The third-order valence-electron chi connectivity index (χ3n) is 4.77. The minimum Gasteiger partial charge on any atom is -0.497 e. The third-order valence-corrected chi connectivity index (χ3v) is 4.77. The molecule has 4 aromatic rings. The quantitative estimate of drug-likeness (QED) is 0.510. The zero-order chi connectivity index (χ0) is 21.6. The van der Waals surface area contributed by atoms with Crippen molar-refractivity contribution in [3.05, 3.63) is 101 Å². The van der Waals surface area contributed by atoms with E-state index in [1.807, 2.05) is 54.6 Å². The number of ether oxygens (including phenoxy) is 2. The smallest absolute Gasteiger partial charge is 0.411 e. The van der Waals surface area contributed by atoms with Gasteiger partial charge in [-0.25, -0.2) is 9.78 Å². The molecule has 0 saturated heterocycles. The van der Waals surface area contributed by atoms with Crippen molar-refractivity contribution in [3.63, 3.8) is 0 Å². The van der Waals surface area contributed by atoms with Gasteiger partial charge in [-0.15, -0.1) is 0 Å². The molecule has 0 bridgehead atoms. The Morgan fingerprint density at radius 2 is 1.81 bits per heavy atom. The van der Waals surface area contributed by atoms with Gasteiger partial charge in [0, 0.05) is 5.69 Å². The average molecular weight is 415 g/mol. The van der Waals surface area contributed by atoms with E-state index in [-0.39, 0.29) is 12.2 Å². The fourth-order valence-electron chi connectivity index (χ4n) is 3.19. The number of carbonyl (C=O) groups excluding carboxylic acids is 1. The molecule has 0 unspecified atom stereocenters. The molecule has 0 spiro atoms. The summed E-state index contributed by atoms with van der Waals surface area (Å²) in [6.45, 7) is 0.519. The Labute approximate surface area is 178 Å². The average Bonchev–Trinajstić information content (AvgIpc) is 2.81. The van der Waals surface area contributed by atoms with Crippen LogP contribution in [0.3, 0.4) is 0 Å². The topological polar surface area (TPSA) is 82.4 Å². The van der Waals surface area contributed by atoms with Crippen LogP contribution in [-0.2, 0) is 17.9 Å². The summed E-state index contributed by atoms with van der Waals surface area (Å²) in [4.78, 5) is 29.5. The van der Waals surface area contributed by atoms with Gasteiger partial charge in [-0.2, -0.15) is 0 Å². The first-order valence-corrected chi connectivity index (χ1v) is 9.72. The molecule has 4 rings (SSSR count). The summed E-state index contributed by atoms with van der Waals surface area (Å²) in [6, 6.07) is 21.9. The van der Waals surface area contributed by atoms with Crippen molar-refractivity contribution >= 4 is 22.7 Å². The van der Waals surface area contributed by atoms with Crippen LogP contribution >= 0.6 is 0 Å². The molecule has 1 amide bonds. The van der Waals surface area contributed by atoms with Gasteiger partial charge in [0.25, 0.3) is 5.56 Å². The highest BCUT2D eigenvalue weighted by Crippen LogP contribution is 2.16. The van der Waals surface area contributed by atoms with Gasteiger partial charge in [0.05, 0.1) is 30.9 Å². The standard InChI is InChI=1S/C24H21N3O4/c1-30-20-9-5-8-18(12-20)14-27-16-25-22-11-10-19(13-21(22)23(27)28)26-24(29)31-15-17-6-3-2-4-7-17/h2-13,16H,14-15H2,1H3,(H,26,29). The van der Waals surface area contributed by atoms with Crippen molar-refractivity contribution in [2.75, 3.05) is 12.4 Å². The number of nitrogens with one attached hydrogen (secondary N) is 1. The Hall–Kier alpha value is -4.13. The number of aromatic nitrogens is 2. The van der Waals surface area contributed by atoms with Crippen molar-refractivity contribution in [2.24, 2.45) is 0 Å². The number of methoxy groups -OCH3 is 1. The van der Waals surface area contributed by atoms with Crippen LogP contribution in [0.2, 0.25) is 0 Å². The van der Waals surface area contributed by atoms with Gasteiger partial charge in [0.15, 0.2) is 0 Å². The molecule has 1 heterocycles. The molecule has 7 nitrogen and oxygen atoms in total. The van der Waals surface area contributed by atoms with Crippen LogP contribution in [0.4, 0.5) is 10.5 Å². The minimum atomic E-state index is -0.594. The van der Waals surface area contributed by atoms with E-state index in [0.29, 0.717) is 23.1 Å². The number of fused-ring (bicyclic) bond motifs is 1. The molecule has 7 heteroatoms. The number of carbonyl (C=O) groups is 1. The predicted molar refractivity (Wildman–Crippen MR) is 118 cm³/mol. The number of benzene rings is 3. The first-order chi connectivity index (χ1) is 15.1. The zero-order valence-electron chi connectivity index (χ0n) is 16.9.